The lowest BCUT2D eigenvalue weighted by molar-refractivity contribution is 0.0511. The molecule has 2 aromatic carbocycles. The summed E-state index contributed by atoms with van der Waals surface area (Å²) in [6.45, 7) is 2.13. The van der Waals surface area contributed by atoms with Crippen LogP contribution in [0.3, 0.4) is 0 Å². The van der Waals surface area contributed by atoms with Crippen molar-refractivity contribution in [3.8, 4) is 17.5 Å². The molecule has 0 amide bonds. The Bertz CT molecular complexity index is 1200. The second-order valence-corrected chi connectivity index (χ2v) is 6.26. The van der Waals surface area contributed by atoms with Crippen LogP contribution < -0.4 is 10.5 Å². The number of benzene rings is 2. The number of aromatic nitrogens is 2. The molecule has 6 nitrogen and oxygen atoms in total. The summed E-state index contributed by atoms with van der Waals surface area (Å²) in [5.41, 5.74) is 10.1. The molecule has 2 aromatic heterocycles. The van der Waals surface area contributed by atoms with Crippen molar-refractivity contribution in [1.82, 2.24) is 9.55 Å². The first-order valence-corrected chi connectivity index (χ1v) is 8.46. The number of methoxy groups -OCH3 is 1. The third-order valence-electron chi connectivity index (χ3n) is 4.56. The maximum atomic E-state index is 9.68. The number of nitriles is 1. The van der Waals surface area contributed by atoms with Gasteiger partial charge in [-0.2, -0.15) is 5.26 Å². The van der Waals surface area contributed by atoms with Crippen LogP contribution in [-0.2, 0) is 4.74 Å². The highest BCUT2D eigenvalue weighted by atomic mass is 16.7. The van der Waals surface area contributed by atoms with Crippen LogP contribution in [-0.4, -0.2) is 23.5 Å². The molecule has 0 aliphatic heterocycles. The van der Waals surface area contributed by atoms with Gasteiger partial charge in [-0.25, -0.2) is 4.98 Å². The average molecular weight is 358 g/mol. The third-order valence-corrected chi connectivity index (χ3v) is 4.56. The summed E-state index contributed by atoms with van der Waals surface area (Å²) in [6.07, 6.45) is 0. The van der Waals surface area contributed by atoms with Gasteiger partial charge < -0.3 is 15.2 Å². The first kappa shape index (κ1) is 16.9. The lowest BCUT2D eigenvalue weighted by Gasteiger charge is -2.13. The quantitative estimate of drug-likeness (QED) is 0.559. The summed E-state index contributed by atoms with van der Waals surface area (Å²) in [6, 6.07) is 17.7. The molecule has 0 radical (unpaired) electrons. The summed E-state index contributed by atoms with van der Waals surface area (Å²) in [7, 11) is 1.57. The second-order valence-electron chi connectivity index (χ2n) is 6.26. The molecular weight excluding hydrogens is 340 g/mol. The molecule has 0 fully saturated rings. The van der Waals surface area contributed by atoms with Crippen molar-refractivity contribution in [2.24, 2.45) is 0 Å². The van der Waals surface area contributed by atoms with E-state index in [1.54, 1.807) is 7.11 Å². The number of para-hydroxylation sites is 1. The van der Waals surface area contributed by atoms with E-state index >= 15 is 0 Å². The Kier molecular flexibility index (Phi) is 4.15. The highest BCUT2D eigenvalue weighted by Crippen LogP contribution is 2.34. The molecular formula is C21H18N4O2. The van der Waals surface area contributed by atoms with Gasteiger partial charge in [0.2, 0.25) is 0 Å². The monoisotopic (exact) mass is 358 g/mol. The Balaban J connectivity index is 2.03. The number of nitrogens with zero attached hydrogens (tertiary/aromatic N) is 3. The van der Waals surface area contributed by atoms with Crippen LogP contribution in [0.2, 0.25) is 0 Å². The molecule has 0 spiro atoms. The molecule has 0 atom stereocenters. The molecule has 0 aliphatic rings. The van der Waals surface area contributed by atoms with Gasteiger partial charge in [-0.3, -0.25) is 4.57 Å². The molecule has 4 aromatic rings. The molecule has 2 N–H and O–H groups in total. The van der Waals surface area contributed by atoms with Gasteiger partial charge in [0, 0.05) is 23.9 Å². The Morgan fingerprint density at radius 2 is 2.00 bits per heavy atom. The molecule has 27 heavy (non-hydrogen) atoms. The Morgan fingerprint density at radius 3 is 2.78 bits per heavy atom. The summed E-state index contributed by atoms with van der Waals surface area (Å²) < 4.78 is 12.4. The minimum absolute atomic E-state index is 0.150. The largest absolute Gasteiger partial charge is 0.467 e. The highest BCUT2D eigenvalue weighted by Gasteiger charge is 2.19. The van der Waals surface area contributed by atoms with E-state index < -0.39 is 0 Å². The van der Waals surface area contributed by atoms with E-state index in [9.17, 15) is 5.26 Å². The Hall–Kier alpha value is -3.56. The van der Waals surface area contributed by atoms with Crippen molar-refractivity contribution >= 4 is 27.8 Å². The highest BCUT2D eigenvalue weighted by molar-refractivity contribution is 5.99. The van der Waals surface area contributed by atoms with Gasteiger partial charge in [-0.05, 0) is 30.7 Å². The first-order valence-electron chi connectivity index (χ1n) is 8.46. The first-order chi connectivity index (χ1) is 13.1. The van der Waals surface area contributed by atoms with Crippen molar-refractivity contribution in [2.45, 2.75) is 6.92 Å². The third kappa shape index (κ3) is 2.75. The zero-order valence-electron chi connectivity index (χ0n) is 15.1. The van der Waals surface area contributed by atoms with E-state index in [1.165, 1.54) is 0 Å². The van der Waals surface area contributed by atoms with E-state index in [2.05, 4.69) is 6.07 Å². The molecule has 0 saturated carbocycles. The van der Waals surface area contributed by atoms with Crippen molar-refractivity contribution in [3.05, 3.63) is 59.7 Å². The maximum Gasteiger partial charge on any atom is 0.188 e. The van der Waals surface area contributed by atoms with Crippen molar-refractivity contribution in [2.75, 3.05) is 19.6 Å². The number of hydrogen-bond acceptors (Lipinski definition) is 5. The predicted molar refractivity (Wildman–Crippen MR) is 105 cm³/mol. The number of fused-ring (bicyclic) bond motifs is 2. The number of pyridine rings is 1. The van der Waals surface area contributed by atoms with E-state index in [0.29, 0.717) is 22.8 Å². The number of hydrogen-bond donors (Lipinski definition) is 1. The minimum atomic E-state index is 0.150. The molecule has 134 valence electrons. The predicted octanol–water partition coefficient (Wildman–Crippen LogP) is 3.92. The fraction of sp³-hybridized carbons (Fsp3) is 0.143. The van der Waals surface area contributed by atoms with Gasteiger partial charge in [0.1, 0.15) is 28.8 Å². The summed E-state index contributed by atoms with van der Waals surface area (Å²) in [5.74, 6) is 1.01. The molecule has 4 rings (SSSR count). The lowest BCUT2D eigenvalue weighted by atomic mass is 10.1. The van der Waals surface area contributed by atoms with Crippen LogP contribution in [0.25, 0.3) is 27.6 Å². The SMILES string of the molecule is COCOc1ccc(C)c(-n2c(N)c(C#N)c3cc4ccccc4nc32)c1. The van der Waals surface area contributed by atoms with Crippen molar-refractivity contribution < 1.29 is 9.47 Å². The van der Waals surface area contributed by atoms with Crippen LogP contribution in [0.5, 0.6) is 5.75 Å². The van der Waals surface area contributed by atoms with Crippen LogP contribution in [0, 0.1) is 18.3 Å². The summed E-state index contributed by atoms with van der Waals surface area (Å²) in [5, 5.41) is 11.4. The van der Waals surface area contributed by atoms with E-state index in [4.69, 9.17) is 20.2 Å². The zero-order valence-corrected chi connectivity index (χ0v) is 15.1. The fourth-order valence-electron chi connectivity index (χ4n) is 3.23. The molecule has 2 heterocycles. The summed E-state index contributed by atoms with van der Waals surface area (Å²) in [4.78, 5) is 4.78. The number of rotatable bonds is 4. The van der Waals surface area contributed by atoms with Gasteiger partial charge in [0.25, 0.3) is 0 Å². The number of ether oxygens (including phenoxy) is 2. The average Bonchev–Trinajstić information content (AvgIpc) is 2.95. The van der Waals surface area contributed by atoms with Gasteiger partial charge in [0.15, 0.2) is 6.79 Å². The summed E-state index contributed by atoms with van der Waals surface area (Å²) >= 11 is 0. The number of anilines is 1. The van der Waals surface area contributed by atoms with E-state index in [-0.39, 0.29) is 6.79 Å². The van der Waals surface area contributed by atoms with Gasteiger partial charge in [0.05, 0.1) is 11.2 Å². The minimum Gasteiger partial charge on any atom is -0.467 e. The van der Waals surface area contributed by atoms with Crippen molar-refractivity contribution in [1.29, 1.82) is 5.26 Å². The number of nitrogen functional groups attached to an aromatic ring is 1. The molecule has 0 unspecified atom stereocenters. The number of nitrogens with two attached hydrogens (primary N) is 1. The molecule has 0 bridgehead atoms. The number of aryl methyl sites for hydroxylation is 1. The normalized spacial score (nSPS) is 11.0. The van der Waals surface area contributed by atoms with Crippen LogP contribution >= 0.6 is 0 Å². The molecule has 0 aliphatic carbocycles. The second kappa shape index (κ2) is 6.63. The van der Waals surface area contributed by atoms with Gasteiger partial charge in [-0.1, -0.05) is 24.3 Å². The smallest absolute Gasteiger partial charge is 0.188 e. The Labute approximate surface area is 156 Å². The molecule has 6 heteroatoms. The maximum absolute atomic E-state index is 9.68. The standard InChI is InChI=1S/C21H18N4O2/c1-13-7-8-15(27-12-26-2)10-19(13)25-20(23)17(11-22)16-9-14-5-3-4-6-18(14)24-21(16)25/h3-10H,12,23H2,1-2H3. The van der Waals surface area contributed by atoms with E-state index in [0.717, 1.165) is 27.5 Å². The van der Waals surface area contributed by atoms with Crippen LogP contribution in [0.15, 0.2) is 48.5 Å². The molecule has 0 saturated heterocycles. The van der Waals surface area contributed by atoms with Crippen LogP contribution in [0.1, 0.15) is 11.1 Å². The van der Waals surface area contributed by atoms with Crippen LogP contribution in [0.4, 0.5) is 5.82 Å². The fourth-order valence-corrected chi connectivity index (χ4v) is 3.23. The van der Waals surface area contributed by atoms with Gasteiger partial charge in [-0.15, -0.1) is 0 Å². The topological polar surface area (TPSA) is 86.1 Å². The zero-order chi connectivity index (χ0) is 19.0. The Morgan fingerprint density at radius 1 is 1.19 bits per heavy atom. The van der Waals surface area contributed by atoms with E-state index in [1.807, 2.05) is 60.0 Å². The lowest BCUT2D eigenvalue weighted by Crippen LogP contribution is -2.05. The van der Waals surface area contributed by atoms with Gasteiger partial charge >= 0.3 is 0 Å². The van der Waals surface area contributed by atoms with Crippen molar-refractivity contribution in [3.63, 3.8) is 0 Å².